The predicted molar refractivity (Wildman–Crippen MR) is 61.8 cm³/mol. The molecule has 0 saturated heterocycles. The third-order valence-corrected chi connectivity index (χ3v) is 2.80. The lowest BCUT2D eigenvalue weighted by Crippen LogP contribution is -2.52. The number of carbonyl (C=O) groups is 2. The molecule has 1 amide bonds. The van der Waals surface area contributed by atoms with E-state index in [0.29, 0.717) is 6.42 Å². The average molecular weight is 230 g/mol. The molecule has 0 aliphatic rings. The second-order valence-electron chi connectivity index (χ2n) is 4.48. The number of rotatable bonds is 6. The molecule has 5 nitrogen and oxygen atoms in total. The molecule has 0 radical (unpaired) electrons. The molecule has 0 rings (SSSR count). The number of nitrogens with two attached hydrogens (primary N) is 1. The van der Waals surface area contributed by atoms with Gasteiger partial charge in [-0.25, -0.2) is 4.79 Å². The summed E-state index contributed by atoms with van der Waals surface area (Å²) in [5, 5.41) is 11.5. The molecule has 0 unspecified atom stereocenters. The van der Waals surface area contributed by atoms with E-state index in [1.54, 1.807) is 6.92 Å². The second kappa shape index (κ2) is 6.48. The number of nitrogens with one attached hydrogen (secondary N) is 1. The van der Waals surface area contributed by atoms with Crippen LogP contribution in [0.25, 0.3) is 0 Å². The third-order valence-electron chi connectivity index (χ3n) is 2.80. The van der Waals surface area contributed by atoms with Crippen LogP contribution in [0.1, 0.15) is 34.1 Å². The topological polar surface area (TPSA) is 92.4 Å². The number of aliphatic carboxylic acids is 1. The van der Waals surface area contributed by atoms with E-state index in [0.717, 1.165) is 0 Å². The minimum Gasteiger partial charge on any atom is -0.480 e. The molecule has 5 heteroatoms. The summed E-state index contributed by atoms with van der Waals surface area (Å²) >= 11 is 0. The Morgan fingerprint density at radius 2 is 1.81 bits per heavy atom. The Hall–Kier alpha value is -1.10. The van der Waals surface area contributed by atoms with Crippen molar-refractivity contribution in [3.63, 3.8) is 0 Å². The fourth-order valence-corrected chi connectivity index (χ4v) is 1.24. The first-order valence-corrected chi connectivity index (χ1v) is 5.60. The summed E-state index contributed by atoms with van der Waals surface area (Å²) in [4.78, 5) is 22.6. The van der Waals surface area contributed by atoms with Gasteiger partial charge in [0.25, 0.3) is 0 Å². The fourth-order valence-electron chi connectivity index (χ4n) is 1.24. The Morgan fingerprint density at radius 1 is 1.31 bits per heavy atom. The summed E-state index contributed by atoms with van der Waals surface area (Å²) in [5.74, 6) is -1.53. The predicted octanol–water partition coefficient (Wildman–Crippen LogP) is 0.585. The molecule has 0 aliphatic heterocycles. The zero-order chi connectivity index (χ0) is 12.9. The molecule has 4 N–H and O–H groups in total. The highest BCUT2D eigenvalue weighted by Crippen LogP contribution is 2.09. The van der Waals surface area contributed by atoms with E-state index < -0.39 is 24.0 Å². The Balaban J connectivity index is 4.52. The average Bonchev–Trinajstić information content (AvgIpc) is 2.22. The van der Waals surface area contributed by atoms with E-state index in [4.69, 9.17) is 10.8 Å². The Morgan fingerprint density at radius 3 is 2.12 bits per heavy atom. The highest BCUT2D eigenvalue weighted by Gasteiger charge is 2.28. The SMILES string of the molecule is CC[C@H](C)[C@@H](NC(=O)[C@@H](N)C(C)C)C(=O)O. The van der Waals surface area contributed by atoms with Gasteiger partial charge in [0.1, 0.15) is 6.04 Å². The quantitative estimate of drug-likeness (QED) is 0.622. The molecule has 0 aromatic carbocycles. The number of carbonyl (C=O) groups excluding carboxylic acids is 1. The second-order valence-corrected chi connectivity index (χ2v) is 4.48. The zero-order valence-corrected chi connectivity index (χ0v) is 10.4. The first kappa shape index (κ1) is 14.9. The molecule has 0 spiro atoms. The van der Waals surface area contributed by atoms with Crippen molar-refractivity contribution in [2.45, 2.75) is 46.2 Å². The van der Waals surface area contributed by atoms with Gasteiger partial charge in [0, 0.05) is 0 Å². The lowest BCUT2D eigenvalue weighted by molar-refractivity contribution is -0.143. The number of carboxylic acid groups (broad SMARTS) is 1. The highest BCUT2D eigenvalue weighted by molar-refractivity contribution is 5.87. The molecule has 3 atom stereocenters. The van der Waals surface area contributed by atoms with Crippen molar-refractivity contribution in [1.82, 2.24) is 5.32 Å². The smallest absolute Gasteiger partial charge is 0.326 e. The zero-order valence-electron chi connectivity index (χ0n) is 10.4. The number of hydrogen-bond donors (Lipinski definition) is 3. The van der Waals surface area contributed by atoms with Crippen LogP contribution in [0.3, 0.4) is 0 Å². The van der Waals surface area contributed by atoms with Crippen LogP contribution in [0.15, 0.2) is 0 Å². The molecule has 94 valence electrons. The van der Waals surface area contributed by atoms with Gasteiger partial charge in [0.2, 0.25) is 5.91 Å². The fraction of sp³-hybridized carbons (Fsp3) is 0.818. The van der Waals surface area contributed by atoms with Crippen LogP contribution in [0, 0.1) is 11.8 Å². The monoisotopic (exact) mass is 230 g/mol. The molecule has 0 fully saturated rings. The molecule has 0 aromatic rings. The Bertz CT molecular complexity index is 254. The normalized spacial score (nSPS) is 16.6. The number of carboxylic acids is 1. The van der Waals surface area contributed by atoms with Crippen LogP contribution in [-0.4, -0.2) is 29.1 Å². The lowest BCUT2D eigenvalue weighted by Gasteiger charge is -2.23. The number of hydrogen-bond acceptors (Lipinski definition) is 3. The summed E-state index contributed by atoms with van der Waals surface area (Å²) in [6, 6.07) is -1.52. The maximum Gasteiger partial charge on any atom is 0.326 e. The highest BCUT2D eigenvalue weighted by atomic mass is 16.4. The molecule has 0 aliphatic carbocycles. The maximum atomic E-state index is 11.6. The summed E-state index contributed by atoms with van der Waals surface area (Å²) in [7, 11) is 0. The summed E-state index contributed by atoms with van der Waals surface area (Å²) in [6.45, 7) is 7.32. The van der Waals surface area contributed by atoms with E-state index in [9.17, 15) is 9.59 Å². The largest absolute Gasteiger partial charge is 0.480 e. The maximum absolute atomic E-state index is 11.6. The van der Waals surface area contributed by atoms with Crippen LogP contribution >= 0.6 is 0 Å². The van der Waals surface area contributed by atoms with Crippen LogP contribution in [-0.2, 0) is 9.59 Å². The molecule has 16 heavy (non-hydrogen) atoms. The molecular formula is C11H22N2O3. The van der Waals surface area contributed by atoms with E-state index >= 15 is 0 Å². The van der Waals surface area contributed by atoms with Crippen molar-refractivity contribution in [1.29, 1.82) is 0 Å². The van der Waals surface area contributed by atoms with Gasteiger partial charge in [-0.2, -0.15) is 0 Å². The standard InChI is InChI=1S/C11H22N2O3/c1-5-7(4)9(11(15)16)13-10(14)8(12)6(2)3/h6-9H,5,12H2,1-4H3,(H,13,14)(H,15,16)/t7-,8-,9+/m0/s1. The van der Waals surface area contributed by atoms with E-state index in [1.807, 2.05) is 20.8 Å². The minimum atomic E-state index is -1.02. The van der Waals surface area contributed by atoms with E-state index in [2.05, 4.69) is 5.32 Å². The van der Waals surface area contributed by atoms with Crippen molar-refractivity contribution >= 4 is 11.9 Å². The summed E-state index contributed by atoms with van der Waals surface area (Å²) in [6.07, 6.45) is 0.689. The minimum absolute atomic E-state index is 0.00798. The Kier molecular flexibility index (Phi) is 6.03. The number of amides is 1. The first-order valence-electron chi connectivity index (χ1n) is 5.60. The molecule has 0 aromatic heterocycles. The van der Waals surface area contributed by atoms with E-state index in [1.165, 1.54) is 0 Å². The van der Waals surface area contributed by atoms with Crippen LogP contribution in [0.5, 0.6) is 0 Å². The van der Waals surface area contributed by atoms with Gasteiger partial charge in [0.05, 0.1) is 6.04 Å². The van der Waals surface area contributed by atoms with Gasteiger partial charge in [-0.15, -0.1) is 0 Å². The van der Waals surface area contributed by atoms with Gasteiger partial charge in [-0.05, 0) is 11.8 Å². The molecular weight excluding hydrogens is 208 g/mol. The summed E-state index contributed by atoms with van der Waals surface area (Å²) in [5.41, 5.74) is 5.65. The van der Waals surface area contributed by atoms with Gasteiger partial charge in [-0.1, -0.05) is 34.1 Å². The summed E-state index contributed by atoms with van der Waals surface area (Å²) < 4.78 is 0. The Labute approximate surface area is 96.4 Å². The molecule has 0 bridgehead atoms. The van der Waals surface area contributed by atoms with Crippen molar-refractivity contribution in [3.05, 3.63) is 0 Å². The van der Waals surface area contributed by atoms with Crippen LogP contribution in [0.2, 0.25) is 0 Å². The molecule has 0 saturated carbocycles. The van der Waals surface area contributed by atoms with Gasteiger partial charge in [-0.3, -0.25) is 4.79 Å². The van der Waals surface area contributed by atoms with Crippen molar-refractivity contribution < 1.29 is 14.7 Å². The van der Waals surface area contributed by atoms with Crippen molar-refractivity contribution in [2.24, 2.45) is 17.6 Å². The van der Waals surface area contributed by atoms with Gasteiger partial charge >= 0.3 is 5.97 Å². The first-order chi connectivity index (χ1) is 7.31. The van der Waals surface area contributed by atoms with Crippen LogP contribution in [0.4, 0.5) is 0 Å². The lowest BCUT2D eigenvalue weighted by atomic mass is 9.97. The van der Waals surface area contributed by atoms with Crippen molar-refractivity contribution in [3.8, 4) is 0 Å². The third kappa shape index (κ3) is 4.18. The van der Waals surface area contributed by atoms with E-state index in [-0.39, 0.29) is 11.8 Å². The van der Waals surface area contributed by atoms with Gasteiger partial charge in [0.15, 0.2) is 0 Å². The van der Waals surface area contributed by atoms with Crippen molar-refractivity contribution in [2.75, 3.05) is 0 Å². The van der Waals surface area contributed by atoms with Gasteiger partial charge < -0.3 is 16.2 Å². The molecule has 0 heterocycles. The van der Waals surface area contributed by atoms with Crippen LogP contribution < -0.4 is 11.1 Å².